The predicted molar refractivity (Wildman–Crippen MR) is 158 cm³/mol. The molecule has 2 unspecified atom stereocenters. The molecule has 11 heteroatoms. The number of fused-ring (bicyclic) bond motifs is 2. The maximum Gasteiger partial charge on any atom is 0.178 e. The number of benzene rings is 2. The smallest absolute Gasteiger partial charge is 0.178 e. The van der Waals surface area contributed by atoms with E-state index >= 15 is 0 Å². The molecule has 2 aromatic heterocycles. The first-order valence-corrected chi connectivity index (χ1v) is 14.5. The minimum atomic E-state index is -0.930. The lowest BCUT2D eigenvalue weighted by Gasteiger charge is -2.21. The summed E-state index contributed by atoms with van der Waals surface area (Å²) in [6, 6.07) is 13.3. The molecule has 4 heterocycles. The van der Waals surface area contributed by atoms with Crippen molar-refractivity contribution >= 4 is 5.78 Å². The van der Waals surface area contributed by atoms with E-state index in [2.05, 4.69) is 4.90 Å². The Balaban J connectivity index is 0.000000201. The van der Waals surface area contributed by atoms with Gasteiger partial charge in [0.25, 0.3) is 0 Å². The zero-order valence-corrected chi connectivity index (χ0v) is 25.2. The summed E-state index contributed by atoms with van der Waals surface area (Å²) >= 11 is 0. The lowest BCUT2D eigenvalue weighted by atomic mass is 9.98. The number of carbonyl (C=O) groups excluding carboxylic acids is 1. The van der Waals surface area contributed by atoms with Crippen molar-refractivity contribution in [2.75, 3.05) is 6.54 Å². The van der Waals surface area contributed by atoms with Crippen molar-refractivity contribution in [3.05, 3.63) is 105 Å². The number of aromatic nitrogens is 2. The van der Waals surface area contributed by atoms with E-state index in [9.17, 15) is 27.5 Å². The summed E-state index contributed by atoms with van der Waals surface area (Å²) in [5.41, 5.74) is 2.99. The van der Waals surface area contributed by atoms with Gasteiger partial charge in [-0.25, -0.2) is 17.6 Å². The number of aryl methyl sites for hydroxylation is 3. The van der Waals surface area contributed by atoms with Gasteiger partial charge in [0.05, 0.1) is 24.0 Å². The van der Waals surface area contributed by atoms with Gasteiger partial charge in [0.15, 0.2) is 5.78 Å². The average molecular weight is 618 g/mol. The third kappa shape index (κ3) is 5.77. The van der Waals surface area contributed by atoms with Crippen LogP contribution in [0.2, 0.25) is 0 Å². The number of nitriles is 2. The van der Waals surface area contributed by atoms with Crippen LogP contribution in [-0.4, -0.2) is 49.7 Å². The van der Waals surface area contributed by atoms with Gasteiger partial charge >= 0.3 is 0 Å². The maximum atomic E-state index is 14.1. The van der Waals surface area contributed by atoms with Crippen LogP contribution in [0.15, 0.2) is 42.5 Å². The van der Waals surface area contributed by atoms with Crippen molar-refractivity contribution in [2.45, 2.75) is 65.1 Å². The van der Waals surface area contributed by atoms with Gasteiger partial charge in [0.2, 0.25) is 0 Å². The first kappa shape index (κ1) is 31.7. The molecule has 2 aromatic carbocycles. The van der Waals surface area contributed by atoms with E-state index in [-0.39, 0.29) is 36.2 Å². The molecule has 0 radical (unpaired) electrons. The topological polar surface area (TPSA) is 98.0 Å². The molecule has 2 aliphatic heterocycles. The number of rotatable bonds is 5. The first-order chi connectivity index (χ1) is 21.4. The maximum absolute atomic E-state index is 14.1. The van der Waals surface area contributed by atoms with Gasteiger partial charge in [-0.15, -0.1) is 0 Å². The Hall–Kier alpha value is -4.71. The molecule has 0 aliphatic carbocycles. The molecule has 3 atom stereocenters. The number of hydrogen-bond donors (Lipinski definition) is 1. The number of ketones is 1. The second kappa shape index (κ2) is 12.4. The van der Waals surface area contributed by atoms with Crippen molar-refractivity contribution in [2.24, 2.45) is 0 Å². The summed E-state index contributed by atoms with van der Waals surface area (Å²) in [6.07, 6.45) is 2.24. The standard InChI is InChI=1S/C21H21F2N3O2.C13H10F2N2/c1-11-5-15(21(28)10-25-13-3-4-19(25)20(27)8-13)12(2)26(11)14-6-17(22)16(9-24)18(23)7-14;1-8-3-4-9(2)17(8)10-5-12(14)11(7-16)13(15)6-10/h5-7,13,19-20,27H,3-4,8,10H2,1-2H3;3-6H,1-2H3/t13?,19?,20-;/m0./s1. The predicted octanol–water partition coefficient (Wildman–Crippen LogP) is 6.27. The number of nitrogens with zero attached hydrogens (tertiary/aromatic N) is 5. The molecule has 2 fully saturated rings. The number of hydrogen-bond acceptors (Lipinski definition) is 5. The van der Waals surface area contributed by atoms with Crippen LogP contribution in [0.4, 0.5) is 17.6 Å². The third-order valence-corrected chi connectivity index (χ3v) is 8.77. The molecule has 45 heavy (non-hydrogen) atoms. The Kier molecular flexibility index (Phi) is 8.70. The minimum Gasteiger partial charge on any atom is -0.391 e. The van der Waals surface area contributed by atoms with Crippen molar-refractivity contribution in [1.29, 1.82) is 10.5 Å². The number of aliphatic hydroxyl groups excluding tert-OH is 1. The van der Waals surface area contributed by atoms with E-state index < -0.39 is 34.4 Å². The van der Waals surface area contributed by atoms with Gasteiger partial charge in [-0.3, -0.25) is 9.69 Å². The highest BCUT2D eigenvalue weighted by Gasteiger charge is 2.46. The number of carbonyl (C=O) groups is 1. The van der Waals surface area contributed by atoms with Crippen molar-refractivity contribution < 1.29 is 27.5 Å². The van der Waals surface area contributed by atoms with Crippen LogP contribution >= 0.6 is 0 Å². The third-order valence-electron chi connectivity index (χ3n) is 8.77. The zero-order chi connectivity index (χ0) is 32.7. The highest BCUT2D eigenvalue weighted by molar-refractivity contribution is 5.99. The molecular weight excluding hydrogens is 586 g/mol. The van der Waals surface area contributed by atoms with Crippen LogP contribution < -0.4 is 0 Å². The van der Waals surface area contributed by atoms with Crippen LogP contribution in [0.1, 0.15) is 63.5 Å². The fraction of sp³-hybridized carbons (Fsp3) is 0.324. The summed E-state index contributed by atoms with van der Waals surface area (Å²) < 4.78 is 58.4. The van der Waals surface area contributed by atoms with E-state index in [0.717, 1.165) is 36.4 Å². The lowest BCUT2D eigenvalue weighted by Crippen LogP contribution is -2.36. The zero-order valence-electron chi connectivity index (χ0n) is 25.2. The van der Waals surface area contributed by atoms with Crippen molar-refractivity contribution in [3.63, 3.8) is 0 Å². The van der Waals surface area contributed by atoms with E-state index in [0.29, 0.717) is 29.1 Å². The van der Waals surface area contributed by atoms with Crippen LogP contribution in [-0.2, 0) is 0 Å². The van der Waals surface area contributed by atoms with E-state index in [1.165, 1.54) is 24.3 Å². The molecule has 2 bridgehead atoms. The first-order valence-electron chi connectivity index (χ1n) is 14.5. The monoisotopic (exact) mass is 617 g/mol. The molecule has 6 rings (SSSR count). The summed E-state index contributed by atoms with van der Waals surface area (Å²) in [6.45, 7) is 7.43. The van der Waals surface area contributed by atoms with E-state index in [1.54, 1.807) is 29.0 Å². The van der Waals surface area contributed by atoms with Gasteiger partial charge in [0.1, 0.15) is 46.5 Å². The van der Waals surface area contributed by atoms with Gasteiger partial charge in [-0.2, -0.15) is 10.5 Å². The van der Waals surface area contributed by atoms with Gasteiger partial charge in [-0.05, 0) is 89.4 Å². The number of halogens is 4. The summed E-state index contributed by atoms with van der Waals surface area (Å²) in [4.78, 5) is 15.0. The Bertz CT molecular complexity index is 1830. The van der Waals surface area contributed by atoms with Crippen molar-refractivity contribution in [3.8, 4) is 23.5 Å². The Morgan fingerprint density at radius 1 is 0.800 bits per heavy atom. The molecule has 232 valence electrons. The quantitative estimate of drug-likeness (QED) is 0.210. The van der Waals surface area contributed by atoms with Crippen molar-refractivity contribution in [1.82, 2.24) is 14.0 Å². The Labute approximate surface area is 258 Å². The molecule has 2 saturated heterocycles. The highest BCUT2D eigenvalue weighted by Crippen LogP contribution is 2.38. The van der Waals surface area contributed by atoms with Crippen LogP contribution in [0.3, 0.4) is 0 Å². The highest BCUT2D eigenvalue weighted by atomic mass is 19.1. The van der Waals surface area contributed by atoms with Gasteiger partial charge < -0.3 is 14.2 Å². The number of aliphatic hydroxyl groups is 1. The normalized spacial score (nSPS) is 18.8. The minimum absolute atomic E-state index is 0.0409. The van der Waals surface area contributed by atoms with Crippen LogP contribution in [0.5, 0.6) is 0 Å². The fourth-order valence-corrected chi connectivity index (χ4v) is 6.67. The molecule has 4 aromatic rings. The van der Waals surface area contributed by atoms with Crippen LogP contribution in [0.25, 0.3) is 11.4 Å². The van der Waals surface area contributed by atoms with E-state index in [4.69, 9.17) is 10.5 Å². The summed E-state index contributed by atoms with van der Waals surface area (Å²) in [5.74, 6) is -3.61. The molecule has 7 nitrogen and oxygen atoms in total. The second-order valence-electron chi connectivity index (χ2n) is 11.6. The second-order valence-corrected chi connectivity index (χ2v) is 11.6. The molecule has 0 spiro atoms. The molecule has 0 amide bonds. The van der Waals surface area contributed by atoms with Gasteiger partial charge in [-0.1, -0.05) is 0 Å². The molecule has 0 saturated carbocycles. The molecule has 2 aliphatic rings. The number of Topliss-reactive ketones (excluding diaryl/α,β-unsaturated/α-hetero) is 1. The lowest BCUT2D eigenvalue weighted by molar-refractivity contribution is 0.0873. The summed E-state index contributed by atoms with van der Waals surface area (Å²) in [7, 11) is 0. The largest absolute Gasteiger partial charge is 0.391 e. The molecule has 1 N–H and O–H groups in total. The van der Waals surface area contributed by atoms with Crippen LogP contribution in [0, 0.1) is 73.6 Å². The average Bonchev–Trinajstić information content (AvgIpc) is 3.69. The summed E-state index contributed by atoms with van der Waals surface area (Å²) in [5, 5.41) is 27.5. The SMILES string of the molecule is Cc1cc(C(=O)CN2C3CCC2[C@@H](O)C3)c(C)n1-c1cc(F)c(C#N)c(F)c1.Cc1ccc(C)n1-c1cc(F)c(C#N)c(F)c1. The van der Waals surface area contributed by atoms with Gasteiger partial charge in [0, 0.05) is 40.4 Å². The Morgan fingerprint density at radius 2 is 1.29 bits per heavy atom. The molecular formula is C34H31F4N5O2. The Morgan fingerprint density at radius 3 is 1.71 bits per heavy atom. The van der Waals surface area contributed by atoms with E-state index in [1.807, 2.05) is 26.0 Å². The fourth-order valence-electron chi connectivity index (χ4n) is 6.67.